The maximum atomic E-state index is 13.5. The van der Waals surface area contributed by atoms with Crippen molar-refractivity contribution >= 4 is 34.9 Å². The molecule has 162 valence electrons. The quantitative estimate of drug-likeness (QED) is 0.490. The Morgan fingerprint density at radius 3 is 2.48 bits per heavy atom. The second kappa shape index (κ2) is 9.41. The molecule has 0 saturated heterocycles. The lowest BCUT2D eigenvalue weighted by Gasteiger charge is -2.17. The van der Waals surface area contributed by atoms with Crippen LogP contribution in [0.4, 0.5) is 4.39 Å². The number of aliphatic hydroxyl groups excluding tert-OH is 1. The average molecular weight is 445 g/mol. The van der Waals surface area contributed by atoms with E-state index in [9.17, 15) is 19.1 Å². The lowest BCUT2D eigenvalue weighted by Crippen LogP contribution is -2.14. The van der Waals surface area contributed by atoms with Gasteiger partial charge in [-0.25, -0.2) is 8.91 Å². The lowest BCUT2D eigenvalue weighted by molar-refractivity contribution is -0.140. The zero-order valence-electron chi connectivity index (χ0n) is 17.0. The van der Waals surface area contributed by atoms with E-state index >= 15 is 0 Å². The summed E-state index contributed by atoms with van der Waals surface area (Å²) in [5.41, 5.74) is 3.61. The van der Waals surface area contributed by atoms with E-state index in [2.05, 4.69) is 5.10 Å². The van der Waals surface area contributed by atoms with E-state index in [4.69, 9.17) is 16.7 Å². The molecule has 0 spiro atoms. The fraction of sp³-hybridized carbons (Fsp3) is 0.261. The zero-order chi connectivity index (χ0) is 22.7. The van der Waals surface area contributed by atoms with Crippen molar-refractivity contribution in [1.82, 2.24) is 9.61 Å². The molecule has 0 radical (unpaired) electrons. The number of hydrogen-bond donors (Lipinski definition) is 2. The van der Waals surface area contributed by atoms with Crippen LogP contribution in [-0.2, 0) is 9.59 Å². The normalized spacial score (nSPS) is 12.7. The number of benzene rings is 1. The van der Waals surface area contributed by atoms with Gasteiger partial charge in [0.2, 0.25) is 0 Å². The number of carboxylic acid groups (broad SMARTS) is 1. The number of aliphatic hydroxyl groups is 1. The Bertz CT molecular complexity index is 1150. The summed E-state index contributed by atoms with van der Waals surface area (Å²) >= 11 is 6.31. The van der Waals surface area contributed by atoms with Crippen LogP contribution in [0.3, 0.4) is 0 Å². The van der Waals surface area contributed by atoms with Crippen molar-refractivity contribution in [1.29, 1.82) is 0 Å². The molecule has 0 aliphatic rings. The molecule has 2 aromatic heterocycles. The van der Waals surface area contributed by atoms with Crippen LogP contribution in [0.2, 0.25) is 5.15 Å². The molecule has 0 bridgehead atoms. The highest BCUT2D eigenvalue weighted by Gasteiger charge is 2.20. The average Bonchev–Trinajstić information content (AvgIpc) is 3.05. The summed E-state index contributed by atoms with van der Waals surface area (Å²) in [6.07, 6.45) is 1.01. The number of aromatic nitrogens is 2. The predicted molar refractivity (Wildman–Crippen MR) is 117 cm³/mol. The van der Waals surface area contributed by atoms with Crippen molar-refractivity contribution in [2.75, 3.05) is 0 Å². The van der Waals surface area contributed by atoms with E-state index in [1.54, 1.807) is 28.8 Å². The van der Waals surface area contributed by atoms with Gasteiger partial charge in [-0.1, -0.05) is 37.6 Å². The molecule has 0 fully saturated rings. The van der Waals surface area contributed by atoms with E-state index in [0.717, 1.165) is 11.1 Å². The smallest absolute Gasteiger partial charge is 0.310 e. The van der Waals surface area contributed by atoms with Gasteiger partial charge < -0.3 is 10.2 Å². The van der Waals surface area contributed by atoms with E-state index in [1.165, 1.54) is 18.2 Å². The van der Waals surface area contributed by atoms with E-state index in [-0.39, 0.29) is 18.2 Å². The third-order valence-corrected chi connectivity index (χ3v) is 5.08. The molecule has 1 atom stereocenters. The number of ketones is 1. The topological polar surface area (TPSA) is 91.9 Å². The van der Waals surface area contributed by atoms with Gasteiger partial charge in [-0.15, -0.1) is 0 Å². The number of aliphatic carboxylic acids is 1. The minimum absolute atomic E-state index is 0.0566. The molecule has 6 nitrogen and oxygen atoms in total. The van der Waals surface area contributed by atoms with Crippen LogP contribution in [0.1, 0.15) is 43.7 Å². The van der Waals surface area contributed by atoms with Gasteiger partial charge >= 0.3 is 5.97 Å². The van der Waals surface area contributed by atoms with Gasteiger partial charge in [0.15, 0.2) is 0 Å². The molecule has 0 unspecified atom stereocenters. The standard InChI is InChI=1S/C23H22ClFN2O4/c1-13(2)22-18(8-7-16(28)11-17(29)12-21(30)31)23(14-3-5-15(25)6-4-14)26-27-19(22)9-10-20(27)24/h3-10,13,16,28H,11-12H2,1-2H3,(H,30,31)/b8-7+/t16-/m1/s1. The molecule has 1 aromatic carbocycles. The molecule has 0 saturated carbocycles. The lowest BCUT2D eigenvalue weighted by atomic mass is 9.93. The van der Waals surface area contributed by atoms with Crippen LogP contribution < -0.4 is 0 Å². The molecule has 0 aliphatic carbocycles. The maximum absolute atomic E-state index is 13.5. The van der Waals surface area contributed by atoms with E-state index < -0.39 is 24.3 Å². The van der Waals surface area contributed by atoms with Crippen molar-refractivity contribution in [2.24, 2.45) is 0 Å². The molecule has 3 aromatic rings. The number of carboxylic acids is 1. The SMILES string of the molecule is CC(C)c1c(/C=C/[C@@H](O)CC(=O)CC(=O)O)c(-c2ccc(F)cc2)nn2c(Cl)ccc12. The largest absolute Gasteiger partial charge is 0.481 e. The summed E-state index contributed by atoms with van der Waals surface area (Å²) in [6.45, 7) is 4.02. The molecule has 0 amide bonds. The molecule has 0 aliphatic heterocycles. The number of Topliss-reactive ketones (excluding diaryl/α,β-unsaturated/α-hetero) is 1. The second-order valence-corrected chi connectivity index (χ2v) is 7.92. The molecule has 3 rings (SSSR count). The summed E-state index contributed by atoms with van der Waals surface area (Å²) in [6, 6.07) is 9.46. The first-order valence-corrected chi connectivity index (χ1v) is 10.1. The summed E-state index contributed by atoms with van der Waals surface area (Å²) in [7, 11) is 0. The van der Waals surface area contributed by atoms with Crippen LogP contribution in [0.25, 0.3) is 22.9 Å². The summed E-state index contributed by atoms with van der Waals surface area (Å²) in [5.74, 6) is -2.13. The highest BCUT2D eigenvalue weighted by molar-refractivity contribution is 6.30. The Balaban J connectivity index is 2.12. The van der Waals surface area contributed by atoms with Gasteiger partial charge in [-0.3, -0.25) is 9.59 Å². The summed E-state index contributed by atoms with van der Waals surface area (Å²) in [4.78, 5) is 22.4. The van der Waals surface area contributed by atoms with Crippen LogP contribution >= 0.6 is 11.6 Å². The van der Waals surface area contributed by atoms with Gasteiger partial charge in [-0.05, 0) is 47.9 Å². The molecule has 2 heterocycles. The zero-order valence-corrected chi connectivity index (χ0v) is 17.8. The Hall–Kier alpha value is -3.03. The number of carbonyl (C=O) groups is 2. The summed E-state index contributed by atoms with van der Waals surface area (Å²) < 4.78 is 15.1. The molecule has 31 heavy (non-hydrogen) atoms. The second-order valence-electron chi connectivity index (χ2n) is 7.53. The van der Waals surface area contributed by atoms with E-state index in [1.807, 2.05) is 19.9 Å². The number of fused-ring (bicyclic) bond motifs is 1. The number of halogens is 2. The number of nitrogens with zero attached hydrogens (tertiary/aromatic N) is 2. The Labute approximate surface area is 183 Å². The monoisotopic (exact) mass is 444 g/mol. The van der Waals surface area contributed by atoms with Crippen molar-refractivity contribution < 1.29 is 24.2 Å². The van der Waals surface area contributed by atoms with Crippen molar-refractivity contribution in [3.63, 3.8) is 0 Å². The first kappa shape index (κ1) is 22.7. The van der Waals surface area contributed by atoms with Gasteiger partial charge in [0.05, 0.1) is 17.3 Å². The Morgan fingerprint density at radius 1 is 1.19 bits per heavy atom. The summed E-state index contributed by atoms with van der Waals surface area (Å²) in [5, 5.41) is 24.0. The number of rotatable bonds is 8. The van der Waals surface area contributed by atoms with Crippen molar-refractivity contribution in [2.45, 2.75) is 38.7 Å². The minimum atomic E-state index is -1.23. The Morgan fingerprint density at radius 2 is 1.87 bits per heavy atom. The number of hydrogen-bond acceptors (Lipinski definition) is 4. The molecule has 2 N–H and O–H groups in total. The van der Waals surface area contributed by atoms with Crippen molar-refractivity contribution in [3.05, 3.63) is 64.6 Å². The molecular formula is C23H22ClFN2O4. The first-order valence-electron chi connectivity index (χ1n) is 9.74. The third-order valence-electron chi connectivity index (χ3n) is 4.80. The van der Waals surface area contributed by atoms with Crippen LogP contribution in [-0.4, -0.2) is 37.7 Å². The minimum Gasteiger partial charge on any atom is -0.481 e. The molecule has 8 heteroatoms. The van der Waals surface area contributed by atoms with Gasteiger partial charge in [0.1, 0.15) is 23.2 Å². The number of carbonyl (C=O) groups excluding carboxylic acids is 1. The fourth-order valence-corrected chi connectivity index (χ4v) is 3.67. The maximum Gasteiger partial charge on any atom is 0.310 e. The van der Waals surface area contributed by atoms with Crippen molar-refractivity contribution in [3.8, 4) is 11.3 Å². The predicted octanol–water partition coefficient (Wildman–Crippen LogP) is 4.73. The fourth-order valence-electron chi connectivity index (χ4n) is 3.47. The van der Waals surface area contributed by atoms with Crippen LogP contribution in [0.15, 0.2) is 42.5 Å². The van der Waals surface area contributed by atoms with E-state index in [0.29, 0.717) is 22.0 Å². The third kappa shape index (κ3) is 5.18. The molecular weight excluding hydrogens is 423 g/mol. The van der Waals surface area contributed by atoms with Gasteiger partial charge in [-0.2, -0.15) is 5.10 Å². The van der Waals surface area contributed by atoms with Crippen LogP contribution in [0.5, 0.6) is 0 Å². The Kier molecular flexibility index (Phi) is 6.87. The highest BCUT2D eigenvalue weighted by Crippen LogP contribution is 2.34. The van der Waals surface area contributed by atoms with Gasteiger partial charge in [0.25, 0.3) is 0 Å². The van der Waals surface area contributed by atoms with Crippen LogP contribution in [0, 0.1) is 5.82 Å². The van der Waals surface area contributed by atoms with Gasteiger partial charge in [0, 0.05) is 17.5 Å². The first-order chi connectivity index (χ1) is 14.7. The highest BCUT2D eigenvalue weighted by atomic mass is 35.5.